The van der Waals surface area contributed by atoms with E-state index >= 15 is 8.78 Å². The van der Waals surface area contributed by atoms with Gasteiger partial charge in [-0.1, -0.05) is 12.2 Å². The monoisotopic (exact) mass is 946 g/mol. The smallest absolute Gasteiger partial charge is 0.412 e. The Bertz CT molecular complexity index is 2540. The third-order valence-electron chi connectivity index (χ3n) is 9.90. The number of nitrogen functional groups attached to an aromatic ring is 1. The van der Waals surface area contributed by atoms with Gasteiger partial charge in [0.1, 0.15) is 49.2 Å². The van der Waals surface area contributed by atoms with Crippen LogP contribution in [0.3, 0.4) is 0 Å². The Labute approximate surface area is 357 Å². The highest BCUT2D eigenvalue weighted by atomic mass is 32.7. The van der Waals surface area contributed by atoms with E-state index in [1.54, 1.807) is 0 Å². The summed E-state index contributed by atoms with van der Waals surface area (Å²) in [6.07, 6.45) is -8.02. The molecule has 0 bridgehead atoms. The van der Waals surface area contributed by atoms with Crippen molar-refractivity contribution >= 4 is 95.3 Å². The van der Waals surface area contributed by atoms with Crippen molar-refractivity contribution in [3.8, 4) is 0 Å². The van der Waals surface area contributed by atoms with E-state index in [1.165, 1.54) is 22.8 Å². The van der Waals surface area contributed by atoms with Gasteiger partial charge in [0.15, 0.2) is 53.2 Å². The van der Waals surface area contributed by atoms with Gasteiger partial charge < -0.3 is 34.3 Å². The molecule has 3 fully saturated rings. The number of carbonyl (C=O) groups is 4. The van der Waals surface area contributed by atoms with Gasteiger partial charge in [-0.05, 0) is 11.8 Å². The lowest BCUT2D eigenvalue weighted by Gasteiger charge is -2.29. The number of aromatic nitrogens is 8. The number of anilines is 2. The van der Waals surface area contributed by atoms with Crippen molar-refractivity contribution in [1.82, 2.24) is 48.8 Å². The normalized spacial score (nSPS) is 31.5. The Morgan fingerprint density at radius 2 is 1.53 bits per heavy atom. The highest BCUT2D eigenvalue weighted by Gasteiger charge is 2.54. The van der Waals surface area contributed by atoms with E-state index in [4.69, 9.17) is 49.8 Å². The molecule has 0 saturated carbocycles. The minimum atomic E-state index is -4.52. The van der Waals surface area contributed by atoms with Crippen molar-refractivity contribution in [2.45, 2.75) is 55.6 Å². The van der Waals surface area contributed by atoms with E-state index in [9.17, 15) is 28.6 Å². The molecular formula is C31H34F2N12O13P2S2. The first kappa shape index (κ1) is 44.0. The van der Waals surface area contributed by atoms with E-state index in [0.29, 0.717) is 0 Å². The van der Waals surface area contributed by atoms with Crippen molar-refractivity contribution < 1.29 is 69.7 Å². The van der Waals surface area contributed by atoms with Gasteiger partial charge in [-0.3, -0.25) is 47.3 Å². The van der Waals surface area contributed by atoms with Gasteiger partial charge in [-0.25, -0.2) is 48.0 Å². The van der Waals surface area contributed by atoms with Gasteiger partial charge in [-0.2, -0.15) is 0 Å². The van der Waals surface area contributed by atoms with Gasteiger partial charge >= 0.3 is 19.6 Å². The topological polar surface area (TPSA) is 302 Å². The Morgan fingerprint density at radius 3 is 2.19 bits per heavy atom. The molecule has 3 saturated heterocycles. The molecule has 0 radical (unpaired) electrons. The number of hydrogen-bond donors (Lipinski definition) is 4. The number of hydrogen-bond acceptors (Lipinski definition) is 20. The number of fused-ring (bicyclic) bond motifs is 4. The largest absolute Gasteiger partial charge is 0.447 e. The summed E-state index contributed by atoms with van der Waals surface area (Å²) in [4.78, 5) is 86.3. The quantitative estimate of drug-likeness (QED) is 0.104. The van der Waals surface area contributed by atoms with Crippen LogP contribution in [0, 0.1) is 0 Å². The van der Waals surface area contributed by atoms with E-state index in [1.807, 2.05) is 0 Å². The lowest BCUT2D eigenvalue weighted by molar-refractivity contribution is -0.138. The van der Waals surface area contributed by atoms with Crippen LogP contribution >= 0.6 is 25.8 Å². The van der Waals surface area contributed by atoms with E-state index in [-0.39, 0.29) is 60.1 Å². The molecule has 8 rings (SSSR count). The maximum absolute atomic E-state index is 16.5. The molecule has 31 heteroatoms. The zero-order chi connectivity index (χ0) is 44.1. The number of alkyl halides is 2. The molecule has 332 valence electrons. The molecule has 4 N–H and O–H groups in total. The van der Waals surface area contributed by atoms with E-state index in [2.05, 4.69) is 47.5 Å². The van der Waals surface area contributed by atoms with Crippen LogP contribution in [-0.4, -0.2) is 154 Å². The number of nitrogens with one attached hydrogen (secondary N) is 1. The summed E-state index contributed by atoms with van der Waals surface area (Å²) in [5.74, 6) is -1.56. The fourth-order valence-electron chi connectivity index (χ4n) is 6.83. The number of imidazole rings is 2. The third-order valence-corrected chi connectivity index (χ3v) is 13.1. The molecule has 0 aromatic carbocycles. The second kappa shape index (κ2) is 17.5. The number of carbonyl (C=O) groups excluding carboxylic acids is 4. The molecule has 4 aliphatic heterocycles. The highest BCUT2D eigenvalue weighted by Crippen LogP contribution is 2.58. The van der Waals surface area contributed by atoms with Crippen molar-refractivity contribution in [2.75, 3.05) is 51.0 Å². The van der Waals surface area contributed by atoms with Gasteiger partial charge in [0.05, 0.1) is 32.4 Å². The molecule has 4 amide bonds. The number of ether oxygens (including phenoxy) is 3. The highest BCUT2D eigenvalue weighted by molar-refractivity contribution is 8.44. The number of rotatable bonds is 9. The zero-order valence-corrected chi connectivity index (χ0v) is 35.2. The van der Waals surface area contributed by atoms with Gasteiger partial charge in [0.25, 0.3) is 11.8 Å². The maximum atomic E-state index is 16.5. The molecule has 4 aromatic heterocycles. The fraction of sp³-hybridized carbons (Fsp3) is 0.484. The van der Waals surface area contributed by atoms with Crippen molar-refractivity contribution in [2.24, 2.45) is 0 Å². The molecule has 2 unspecified atom stereocenters. The third kappa shape index (κ3) is 8.92. The van der Waals surface area contributed by atoms with E-state index in [0.717, 1.165) is 40.6 Å². The van der Waals surface area contributed by atoms with Crippen LogP contribution in [-0.2, 0) is 63.1 Å². The maximum Gasteiger partial charge on any atom is 0.412 e. The number of nitrogens with zero attached hydrogens (tertiary/aromatic N) is 10. The summed E-state index contributed by atoms with van der Waals surface area (Å²) in [6.45, 7) is -10.7. The predicted molar refractivity (Wildman–Crippen MR) is 211 cm³/mol. The molecule has 8 heterocycles. The second-order valence-electron chi connectivity index (χ2n) is 13.8. The van der Waals surface area contributed by atoms with Gasteiger partial charge in [0.2, 0.25) is 5.91 Å². The molecule has 4 aromatic rings. The lowest BCUT2D eigenvalue weighted by Crippen LogP contribution is -2.37. The first-order valence-corrected chi connectivity index (χ1v) is 23.5. The average Bonchev–Trinajstić information content (AvgIpc) is 4.04. The van der Waals surface area contributed by atoms with E-state index < -0.39 is 99.8 Å². The summed E-state index contributed by atoms with van der Waals surface area (Å²) >= 11 is 9.23. The SMILES string of the molecule is CN(CCOC(=O)Nc1ncnc2c1ncn2[C@@H]1O[C@@H]2COP(O)(=S)O[C@H]3[C@@H](F)[C@H](n4cnc5c(N)ncnc54)O[C@@H]3COP(=O)(S)O[C@H]2[C@H]1F)C(=O)CCN1C(=O)C=CC1=O. The van der Waals surface area contributed by atoms with Crippen molar-refractivity contribution in [1.29, 1.82) is 0 Å². The van der Waals surface area contributed by atoms with Gasteiger partial charge in [-0.15, -0.1) is 0 Å². The predicted octanol–water partition coefficient (Wildman–Crippen LogP) is 1.11. The van der Waals surface area contributed by atoms with Crippen molar-refractivity contribution in [3.05, 3.63) is 37.5 Å². The molecule has 4 aliphatic rings. The summed E-state index contributed by atoms with van der Waals surface area (Å²) < 4.78 is 87.7. The lowest BCUT2D eigenvalue weighted by atomic mass is 10.1. The number of imide groups is 1. The van der Waals surface area contributed by atoms with Crippen LogP contribution in [0.15, 0.2) is 37.5 Å². The molecular weight excluding hydrogens is 912 g/mol. The van der Waals surface area contributed by atoms with Crippen molar-refractivity contribution in [3.63, 3.8) is 0 Å². The summed E-state index contributed by atoms with van der Waals surface area (Å²) in [7, 11) is 1.45. The Balaban J connectivity index is 0.915. The zero-order valence-electron chi connectivity index (χ0n) is 31.7. The first-order chi connectivity index (χ1) is 29.5. The fourth-order valence-corrected chi connectivity index (χ4v) is 9.75. The first-order valence-electron chi connectivity index (χ1n) is 18.2. The Morgan fingerprint density at radius 1 is 0.952 bits per heavy atom. The van der Waals surface area contributed by atoms with Crippen LogP contribution in [0.2, 0.25) is 0 Å². The molecule has 0 aliphatic carbocycles. The minimum Gasteiger partial charge on any atom is -0.447 e. The molecule has 25 nitrogen and oxygen atoms in total. The standard InChI is InChI=1S/C31H34F2N12O13P2S2/c1-42(16(46)4-5-43-17(47)2-3-18(43)48)6-7-52-31(49)41-26-22-28(38-11-36-26)45(13-40-22)30-20(33)24-15(56-30)9-54-59(50,61)57-23-14(8-53-60(51,62)58-24)55-29(19(23)32)44-12-39-21-25(34)35-10-37-27(21)44/h2-3,10-15,19-20,23-24,29-30H,4-9H2,1H3,(H,50,61)(H,51,62)(H2,34,35,37)(H,36,38,41,49)/t14-,15-,19-,20-,23-,24-,29-,30-,59?,60?/m1/s1. The number of thiol groups is 1. The van der Waals surface area contributed by atoms with Crippen LogP contribution in [0.4, 0.5) is 25.2 Å². The van der Waals surface area contributed by atoms with Crippen LogP contribution in [0.25, 0.3) is 22.3 Å². The number of halogens is 2. The second-order valence-corrected chi connectivity index (χ2v) is 19.5. The molecule has 10 atom stereocenters. The van der Waals surface area contributed by atoms with Crippen LogP contribution < -0.4 is 11.1 Å². The Hall–Kier alpha value is -4.67. The number of amides is 4. The number of nitrogens with two attached hydrogens (primary N) is 1. The Kier molecular flexibility index (Phi) is 12.4. The van der Waals surface area contributed by atoms with Gasteiger partial charge in [0, 0.05) is 32.2 Å². The molecule has 0 spiro atoms. The summed E-state index contributed by atoms with van der Waals surface area (Å²) in [5.41, 5.74) is 6.05. The average molecular weight is 947 g/mol. The van der Waals surface area contributed by atoms with Crippen LogP contribution in [0.1, 0.15) is 18.9 Å². The minimum absolute atomic E-state index is 0.0230. The number of likely N-dealkylation sites (N-methyl/N-ethyl adjacent to an activating group) is 1. The van der Waals surface area contributed by atoms with Crippen LogP contribution in [0.5, 0.6) is 0 Å². The summed E-state index contributed by atoms with van der Waals surface area (Å²) in [5, 5.41) is 2.40. The summed E-state index contributed by atoms with van der Waals surface area (Å²) in [6, 6.07) is 0. The molecule has 62 heavy (non-hydrogen) atoms.